The summed E-state index contributed by atoms with van der Waals surface area (Å²) in [5.74, 6) is 0.512. The standard InChI is InChI=1S/C20H27N3O3/c24-18-2-7-20(23(18)14-16-3-9-21-10-4-16)6-1-11-22(12-8-20)19(25)17-5-13-26-15-17/h3-4,9-10,17H,1-2,5-8,11-15H2/t17-,20+/m0/s1. The molecule has 0 N–H and O–H groups in total. The molecule has 140 valence electrons. The first-order valence-electron chi connectivity index (χ1n) is 9.74. The predicted octanol–water partition coefficient (Wildman–Crippen LogP) is 1.99. The Bertz CT molecular complexity index is 660. The molecule has 0 unspecified atom stereocenters. The van der Waals surface area contributed by atoms with Gasteiger partial charge in [0.05, 0.1) is 12.5 Å². The lowest BCUT2D eigenvalue weighted by atomic mass is 9.87. The molecule has 0 bridgehead atoms. The number of rotatable bonds is 3. The van der Waals surface area contributed by atoms with Crippen molar-refractivity contribution in [2.24, 2.45) is 5.92 Å². The van der Waals surface area contributed by atoms with Crippen LogP contribution in [0.15, 0.2) is 24.5 Å². The van der Waals surface area contributed by atoms with Crippen LogP contribution in [-0.4, -0.2) is 58.4 Å². The first-order valence-corrected chi connectivity index (χ1v) is 9.74. The molecule has 0 radical (unpaired) electrons. The number of carbonyl (C=O) groups excluding carboxylic acids is 2. The second kappa shape index (κ2) is 7.35. The SMILES string of the molecule is O=C([C@H]1CCOC1)N1CCC[C@@]2(CCC(=O)N2Cc2ccncc2)CC1. The lowest BCUT2D eigenvalue weighted by Crippen LogP contribution is -2.46. The molecular formula is C20H27N3O3. The number of pyridine rings is 1. The summed E-state index contributed by atoms with van der Waals surface area (Å²) in [6, 6.07) is 3.96. The van der Waals surface area contributed by atoms with E-state index in [2.05, 4.69) is 9.88 Å². The van der Waals surface area contributed by atoms with Gasteiger partial charge in [-0.25, -0.2) is 0 Å². The molecular weight excluding hydrogens is 330 g/mol. The van der Waals surface area contributed by atoms with E-state index in [-0.39, 0.29) is 23.3 Å². The van der Waals surface area contributed by atoms with Gasteiger partial charge < -0.3 is 14.5 Å². The van der Waals surface area contributed by atoms with E-state index in [0.29, 0.717) is 26.2 Å². The zero-order valence-electron chi connectivity index (χ0n) is 15.2. The lowest BCUT2D eigenvalue weighted by Gasteiger charge is -2.38. The van der Waals surface area contributed by atoms with Crippen molar-refractivity contribution in [2.75, 3.05) is 26.3 Å². The van der Waals surface area contributed by atoms with Gasteiger partial charge in [0.2, 0.25) is 11.8 Å². The third kappa shape index (κ3) is 3.34. The highest BCUT2D eigenvalue weighted by Gasteiger charge is 2.46. The monoisotopic (exact) mass is 357 g/mol. The number of aromatic nitrogens is 1. The van der Waals surface area contributed by atoms with Crippen LogP contribution in [0.3, 0.4) is 0 Å². The summed E-state index contributed by atoms with van der Waals surface area (Å²) in [7, 11) is 0. The number of hydrogen-bond donors (Lipinski definition) is 0. The number of amides is 2. The first kappa shape index (κ1) is 17.5. The van der Waals surface area contributed by atoms with Gasteiger partial charge in [0.15, 0.2) is 0 Å². The van der Waals surface area contributed by atoms with Crippen molar-refractivity contribution >= 4 is 11.8 Å². The summed E-state index contributed by atoms with van der Waals surface area (Å²) in [5.41, 5.74) is 1.02. The van der Waals surface area contributed by atoms with Crippen LogP contribution in [0, 0.1) is 5.92 Å². The number of ether oxygens (including phenoxy) is 1. The van der Waals surface area contributed by atoms with E-state index in [1.54, 1.807) is 12.4 Å². The topological polar surface area (TPSA) is 62.7 Å². The maximum atomic E-state index is 12.8. The zero-order valence-corrected chi connectivity index (χ0v) is 15.2. The summed E-state index contributed by atoms with van der Waals surface area (Å²) < 4.78 is 5.39. The summed E-state index contributed by atoms with van der Waals surface area (Å²) in [6.07, 6.45) is 8.74. The fourth-order valence-corrected chi connectivity index (χ4v) is 4.71. The number of nitrogens with zero attached hydrogens (tertiary/aromatic N) is 3. The Morgan fingerprint density at radius 3 is 2.85 bits per heavy atom. The Kier molecular flexibility index (Phi) is 4.94. The van der Waals surface area contributed by atoms with Crippen molar-refractivity contribution in [3.8, 4) is 0 Å². The molecule has 6 heteroatoms. The molecule has 3 aliphatic heterocycles. The molecule has 1 aromatic heterocycles. The Balaban J connectivity index is 1.46. The van der Waals surface area contributed by atoms with Crippen LogP contribution in [0.4, 0.5) is 0 Å². The molecule has 4 rings (SSSR count). The van der Waals surface area contributed by atoms with E-state index in [4.69, 9.17) is 4.74 Å². The van der Waals surface area contributed by atoms with Crippen LogP contribution in [0.25, 0.3) is 0 Å². The van der Waals surface area contributed by atoms with Gasteiger partial charge >= 0.3 is 0 Å². The van der Waals surface area contributed by atoms with Crippen LogP contribution in [0.5, 0.6) is 0 Å². The highest BCUT2D eigenvalue weighted by Crippen LogP contribution is 2.40. The predicted molar refractivity (Wildman–Crippen MR) is 96.1 cm³/mol. The Labute approximate surface area is 154 Å². The summed E-state index contributed by atoms with van der Waals surface area (Å²) in [4.78, 5) is 33.5. The van der Waals surface area contributed by atoms with E-state index in [1.807, 2.05) is 17.0 Å². The number of carbonyl (C=O) groups is 2. The molecule has 2 atom stereocenters. The maximum Gasteiger partial charge on any atom is 0.228 e. The summed E-state index contributed by atoms with van der Waals surface area (Å²) in [6.45, 7) is 3.45. The van der Waals surface area contributed by atoms with Crippen molar-refractivity contribution in [2.45, 2.75) is 50.6 Å². The van der Waals surface area contributed by atoms with E-state index >= 15 is 0 Å². The van der Waals surface area contributed by atoms with Gasteiger partial charge in [-0.2, -0.15) is 0 Å². The molecule has 0 aromatic carbocycles. The molecule has 2 amide bonds. The van der Waals surface area contributed by atoms with Crippen molar-refractivity contribution in [1.29, 1.82) is 0 Å². The van der Waals surface area contributed by atoms with Gasteiger partial charge in [-0.15, -0.1) is 0 Å². The normalized spacial score (nSPS) is 29.4. The van der Waals surface area contributed by atoms with Crippen molar-refractivity contribution < 1.29 is 14.3 Å². The summed E-state index contributed by atoms with van der Waals surface area (Å²) in [5, 5.41) is 0. The minimum absolute atomic E-state index is 0.0298. The Hall–Kier alpha value is -1.95. The highest BCUT2D eigenvalue weighted by atomic mass is 16.5. The molecule has 26 heavy (non-hydrogen) atoms. The minimum Gasteiger partial charge on any atom is -0.381 e. The second-order valence-corrected chi connectivity index (χ2v) is 7.80. The quantitative estimate of drug-likeness (QED) is 0.830. The van der Waals surface area contributed by atoms with Gasteiger partial charge in [0, 0.05) is 50.6 Å². The van der Waals surface area contributed by atoms with Gasteiger partial charge in [0.25, 0.3) is 0 Å². The van der Waals surface area contributed by atoms with E-state index in [9.17, 15) is 9.59 Å². The van der Waals surface area contributed by atoms with E-state index in [0.717, 1.165) is 50.8 Å². The van der Waals surface area contributed by atoms with Crippen LogP contribution in [-0.2, 0) is 20.9 Å². The van der Waals surface area contributed by atoms with Gasteiger partial charge in [-0.1, -0.05) is 0 Å². The maximum absolute atomic E-state index is 12.8. The Morgan fingerprint density at radius 2 is 2.08 bits per heavy atom. The molecule has 0 aliphatic carbocycles. The zero-order chi connectivity index (χ0) is 18.0. The average molecular weight is 357 g/mol. The molecule has 3 fully saturated rings. The summed E-state index contributed by atoms with van der Waals surface area (Å²) >= 11 is 0. The second-order valence-electron chi connectivity index (χ2n) is 7.80. The third-order valence-corrected chi connectivity index (χ3v) is 6.28. The molecule has 3 aliphatic rings. The van der Waals surface area contributed by atoms with Crippen LogP contribution in [0.1, 0.15) is 44.1 Å². The molecule has 0 saturated carbocycles. The van der Waals surface area contributed by atoms with Crippen molar-refractivity contribution in [3.05, 3.63) is 30.1 Å². The fraction of sp³-hybridized carbons (Fsp3) is 0.650. The van der Waals surface area contributed by atoms with Gasteiger partial charge in [-0.3, -0.25) is 14.6 Å². The minimum atomic E-state index is -0.0957. The van der Waals surface area contributed by atoms with Crippen molar-refractivity contribution in [1.82, 2.24) is 14.8 Å². The third-order valence-electron chi connectivity index (χ3n) is 6.28. The molecule has 1 spiro atoms. The first-order chi connectivity index (χ1) is 12.7. The largest absolute Gasteiger partial charge is 0.381 e. The van der Waals surface area contributed by atoms with Gasteiger partial charge in [0.1, 0.15) is 0 Å². The fourth-order valence-electron chi connectivity index (χ4n) is 4.71. The van der Waals surface area contributed by atoms with E-state index < -0.39 is 0 Å². The van der Waals surface area contributed by atoms with Gasteiger partial charge in [-0.05, 0) is 49.8 Å². The van der Waals surface area contributed by atoms with Crippen LogP contribution < -0.4 is 0 Å². The number of hydrogen-bond acceptors (Lipinski definition) is 4. The molecule has 6 nitrogen and oxygen atoms in total. The average Bonchev–Trinajstić information content (AvgIpc) is 3.23. The molecule has 1 aromatic rings. The van der Waals surface area contributed by atoms with Crippen LogP contribution >= 0.6 is 0 Å². The number of likely N-dealkylation sites (tertiary alicyclic amines) is 2. The molecule has 4 heterocycles. The smallest absolute Gasteiger partial charge is 0.228 e. The highest BCUT2D eigenvalue weighted by molar-refractivity contribution is 5.80. The van der Waals surface area contributed by atoms with E-state index in [1.165, 1.54) is 0 Å². The Morgan fingerprint density at radius 1 is 1.23 bits per heavy atom. The lowest BCUT2D eigenvalue weighted by molar-refractivity contribution is -0.135. The molecule has 3 saturated heterocycles. The van der Waals surface area contributed by atoms with Crippen LogP contribution in [0.2, 0.25) is 0 Å². The van der Waals surface area contributed by atoms with Crippen molar-refractivity contribution in [3.63, 3.8) is 0 Å².